The standard InChI is InChI=1S/C9H16O/c1-2-7-5-6-10-9-4-3-8(7)9/h7-9H,2-6H2,1H3. The molecule has 1 saturated carbocycles. The molecule has 0 bridgehead atoms. The first-order valence-electron chi connectivity index (χ1n) is 4.53. The van der Waals surface area contributed by atoms with Crippen molar-refractivity contribution in [2.24, 2.45) is 11.8 Å². The Morgan fingerprint density at radius 1 is 1.30 bits per heavy atom. The highest BCUT2D eigenvalue weighted by Crippen LogP contribution is 2.42. The third-order valence-corrected chi connectivity index (χ3v) is 3.21. The molecule has 2 aliphatic rings. The Morgan fingerprint density at radius 3 is 2.70 bits per heavy atom. The summed E-state index contributed by atoms with van der Waals surface area (Å²) in [5, 5.41) is 0. The molecule has 0 aromatic rings. The monoisotopic (exact) mass is 140 g/mol. The average molecular weight is 140 g/mol. The predicted octanol–water partition coefficient (Wildman–Crippen LogP) is 2.21. The van der Waals surface area contributed by atoms with Crippen LogP contribution in [0.3, 0.4) is 0 Å². The summed E-state index contributed by atoms with van der Waals surface area (Å²) in [4.78, 5) is 0. The van der Waals surface area contributed by atoms with Crippen LogP contribution in [0.5, 0.6) is 0 Å². The van der Waals surface area contributed by atoms with E-state index < -0.39 is 0 Å². The van der Waals surface area contributed by atoms with Gasteiger partial charge in [-0.05, 0) is 31.1 Å². The molecule has 10 heavy (non-hydrogen) atoms. The quantitative estimate of drug-likeness (QED) is 0.542. The molecule has 2 fully saturated rings. The van der Waals surface area contributed by atoms with Crippen LogP contribution in [0.15, 0.2) is 0 Å². The summed E-state index contributed by atoms with van der Waals surface area (Å²) in [5.74, 6) is 1.94. The van der Waals surface area contributed by atoms with E-state index in [1.165, 1.54) is 25.7 Å². The average Bonchev–Trinajstić information content (AvgIpc) is 1.91. The molecule has 0 aromatic carbocycles. The molecule has 58 valence electrons. The van der Waals surface area contributed by atoms with Gasteiger partial charge in [-0.1, -0.05) is 13.3 Å². The van der Waals surface area contributed by atoms with Gasteiger partial charge in [0.15, 0.2) is 0 Å². The molecule has 1 heteroatoms. The van der Waals surface area contributed by atoms with Crippen LogP contribution in [-0.4, -0.2) is 12.7 Å². The zero-order valence-electron chi connectivity index (χ0n) is 6.68. The third-order valence-electron chi connectivity index (χ3n) is 3.21. The number of ether oxygens (including phenoxy) is 1. The molecule has 0 spiro atoms. The minimum atomic E-state index is 0.665. The summed E-state index contributed by atoms with van der Waals surface area (Å²) in [5.41, 5.74) is 0. The summed E-state index contributed by atoms with van der Waals surface area (Å²) >= 11 is 0. The van der Waals surface area contributed by atoms with E-state index in [4.69, 9.17) is 4.74 Å². The van der Waals surface area contributed by atoms with Crippen molar-refractivity contribution in [3.05, 3.63) is 0 Å². The van der Waals surface area contributed by atoms with Crippen molar-refractivity contribution in [1.82, 2.24) is 0 Å². The molecule has 1 saturated heterocycles. The van der Waals surface area contributed by atoms with Crippen molar-refractivity contribution in [1.29, 1.82) is 0 Å². The van der Waals surface area contributed by atoms with Gasteiger partial charge in [-0.2, -0.15) is 0 Å². The molecule has 0 aromatic heterocycles. The zero-order chi connectivity index (χ0) is 6.97. The summed E-state index contributed by atoms with van der Waals surface area (Å²) < 4.78 is 5.61. The Balaban J connectivity index is 1.94. The normalized spacial score (nSPS) is 45.9. The maximum atomic E-state index is 5.61. The van der Waals surface area contributed by atoms with Crippen LogP contribution in [0.2, 0.25) is 0 Å². The molecule has 1 aliphatic carbocycles. The van der Waals surface area contributed by atoms with E-state index in [1.54, 1.807) is 0 Å². The first kappa shape index (κ1) is 6.66. The van der Waals surface area contributed by atoms with E-state index in [2.05, 4.69) is 6.92 Å². The van der Waals surface area contributed by atoms with Gasteiger partial charge in [-0.25, -0.2) is 0 Å². The second kappa shape index (κ2) is 2.54. The van der Waals surface area contributed by atoms with E-state index >= 15 is 0 Å². The first-order chi connectivity index (χ1) is 4.92. The molecule has 0 amide bonds. The van der Waals surface area contributed by atoms with Gasteiger partial charge in [-0.15, -0.1) is 0 Å². The highest BCUT2D eigenvalue weighted by Gasteiger charge is 2.39. The Morgan fingerprint density at radius 2 is 2.20 bits per heavy atom. The second-order valence-corrected chi connectivity index (χ2v) is 3.61. The van der Waals surface area contributed by atoms with E-state index in [-0.39, 0.29) is 0 Å². The molecule has 3 unspecified atom stereocenters. The smallest absolute Gasteiger partial charge is 0.0606 e. The van der Waals surface area contributed by atoms with Crippen molar-refractivity contribution in [3.63, 3.8) is 0 Å². The molecule has 2 rings (SSSR count). The number of hydrogen-bond acceptors (Lipinski definition) is 1. The van der Waals surface area contributed by atoms with Crippen LogP contribution >= 0.6 is 0 Å². The Bertz CT molecular complexity index is 120. The van der Waals surface area contributed by atoms with Crippen molar-refractivity contribution < 1.29 is 4.74 Å². The molecule has 1 nitrogen and oxygen atoms in total. The van der Waals surface area contributed by atoms with Crippen LogP contribution < -0.4 is 0 Å². The van der Waals surface area contributed by atoms with Gasteiger partial charge in [0.25, 0.3) is 0 Å². The second-order valence-electron chi connectivity index (χ2n) is 3.61. The first-order valence-corrected chi connectivity index (χ1v) is 4.53. The van der Waals surface area contributed by atoms with Crippen molar-refractivity contribution in [2.75, 3.05) is 6.61 Å². The zero-order valence-corrected chi connectivity index (χ0v) is 6.68. The maximum Gasteiger partial charge on any atom is 0.0606 e. The van der Waals surface area contributed by atoms with Crippen molar-refractivity contribution in [3.8, 4) is 0 Å². The molecule has 0 radical (unpaired) electrons. The SMILES string of the molecule is CCC1CCOC2CCC12. The van der Waals surface area contributed by atoms with Gasteiger partial charge >= 0.3 is 0 Å². The van der Waals surface area contributed by atoms with E-state index in [9.17, 15) is 0 Å². The van der Waals surface area contributed by atoms with Gasteiger partial charge in [-0.3, -0.25) is 0 Å². The summed E-state index contributed by atoms with van der Waals surface area (Å²) in [7, 11) is 0. The van der Waals surface area contributed by atoms with Gasteiger partial charge in [0.2, 0.25) is 0 Å². The maximum absolute atomic E-state index is 5.61. The summed E-state index contributed by atoms with van der Waals surface area (Å²) in [6, 6.07) is 0. The van der Waals surface area contributed by atoms with Crippen LogP contribution in [0.4, 0.5) is 0 Å². The number of fused-ring (bicyclic) bond motifs is 1. The fourth-order valence-electron chi connectivity index (χ4n) is 2.33. The minimum absolute atomic E-state index is 0.665. The minimum Gasteiger partial charge on any atom is -0.378 e. The summed E-state index contributed by atoms with van der Waals surface area (Å²) in [6.45, 7) is 3.34. The lowest BCUT2D eigenvalue weighted by Gasteiger charge is -2.45. The van der Waals surface area contributed by atoms with Crippen LogP contribution in [0, 0.1) is 11.8 Å². The largest absolute Gasteiger partial charge is 0.378 e. The third kappa shape index (κ3) is 0.878. The lowest BCUT2D eigenvalue weighted by atomic mass is 9.70. The van der Waals surface area contributed by atoms with E-state index in [1.807, 2.05) is 0 Å². The fourth-order valence-corrected chi connectivity index (χ4v) is 2.33. The summed E-state index contributed by atoms with van der Waals surface area (Å²) in [6.07, 6.45) is 6.12. The molecular weight excluding hydrogens is 124 g/mol. The van der Waals surface area contributed by atoms with Crippen molar-refractivity contribution in [2.45, 2.75) is 38.7 Å². The Labute approximate surface area is 62.8 Å². The topological polar surface area (TPSA) is 9.23 Å². The molecular formula is C9H16O. The van der Waals surface area contributed by atoms with Crippen LogP contribution in [-0.2, 0) is 4.74 Å². The molecule has 1 heterocycles. The number of hydrogen-bond donors (Lipinski definition) is 0. The highest BCUT2D eigenvalue weighted by atomic mass is 16.5. The molecule has 1 aliphatic heterocycles. The lowest BCUT2D eigenvalue weighted by Crippen LogP contribution is -2.43. The molecule has 0 N–H and O–H groups in total. The van der Waals surface area contributed by atoms with Gasteiger partial charge in [0.05, 0.1) is 6.10 Å². The molecule has 3 atom stereocenters. The van der Waals surface area contributed by atoms with E-state index in [0.717, 1.165) is 18.4 Å². The Kier molecular flexibility index (Phi) is 1.69. The Hall–Kier alpha value is -0.0400. The van der Waals surface area contributed by atoms with E-state index in [0.29, 0.717) is 6.10 Å². The predicted molar refractivity (Wildman–Crippen MR) is 40.9 cm³/mol. The highest BCUT2D eigenvalue weighted by molar-refractivity contribution is 4.89. The van der Waals surface area contributed by atoms with Crippen LogP contribution in [0.1, 0.15) is 32.6 Å². The fraction of sp³-hybridized carbons (Fsp3) is 1.00. The van der Waals surface area contributed by atoms with Crippen LogP contribution in [0.25, 0.3) is 0 Å². The van der Waals surface area contributed by atoms with Gasteiger partial charge in [0, 0.05) is 6.61 Å². The lowest BCUT2D eigenvalue weighted by molar-refractivity contribution is -0.113. The number of rotatable bonds is 1. The van der Waals surface area contributed by atoms with Gasteiger partial charge in [0.1, 0.15) is 0 Å². The van der Waals surface area contributed by atoms with Crippen molar-refractivity contribution >= 4 is 0 Å². The van der Waals surface area contributed by atoms with Gasteiger partial charge < -0.3 is 4.74 Å².